The summed E-state index contributed by atoms with van der Waals surface area (Å²) in [4.78, 5) is 17.3. The molecule has 0 aliphatic carbocycles. The number of fused-ring (bicyclic) bond motifs is 1. The number of halogens is 2. The lowest BCUT2D eigenvalue weighted by atomic mass is 10.2. The molecule has 0 unspecified atom stereocenters. The fourth-order valence-corrected chi connectivity index (χ4v) is 3.22. The lowest BCUT2D eigenvalue weighted by Gasteiger charge is -2.13. The number of hydrogen-bond acceptors (Lipinski definition) is 7. The van der Waals surface area contributed by atoms with Crippen LogP contribution in [0.4, 0.5) is 8.78 Å². The van der Waals surface area contributed by atoms with Crippen molar-refractivity contribution >= 4 is 11.0 Å². The minimum Gasteiger partial charge on any atom is -0.467 e. The number of para-hydroxylation sites is 1. The third-order valence-corrected chi connectivity index (χ3v) is 4.61. The summed E-state index contributed by atoms with van der Waals surface area (Å²) in [5.74, 6) is 0.745. The zero-order chi connectivity index (χ0) is 21.8. The minimum atomic E-state index is -2.91. The van der Waals surface area contributed by atoms with Gasteiger partial charge in [-0.2, -0.15) is 8.78 Å². The summed E-state index contributed by atoms with van der Waals surface area (Å²) in [5, 5.41) is 0. The van der Waals surface area contributed by atoms with Gasteiger partial charge in [0, 0.05) is 30.6 Å². The third-order valence-electron chi connectivity index (χ3n) is 4.61. The number of pyridine rings is 1. The fourth-order valence-electron chi connectivity index (χ4n) is 3.22. The summed E-state index contributed by atoms with van der Waals surface area (Å²) in [6.07, 6.45) is 4.87. The van der Waals surface area contributed by atoms with Crippen molar-refractivity contribution in [2.45, 2.75) is 19.8 Å². The van der Waals surface area contributed by atoms with E-state index in [0.29, 0.717) is 28.2 Å². The van der Waals surface area contributed by atoms with Crippen molar-refractivity contribution in [2.75, 3.05) is 14.2 Å². The van der Waals surface area contributed by atoms with Crippen molar-refractivity contribution in [1.82, 2.24) is 24.5 Å². The molecule has 4 aromatic rings. The number of aromatic nitrogens is 5. The predicted molar refractivity (Wildman–Crippen MR) is 108 cm³/mol. The maximum atomic E-state index is 12.8. The van der Waals surface area contributed by atoms with E-state index < -0.39 is 6.61 Å². The Morgan fingerprint density at radius 3 is 2.52 bits per heavy atom. The van der Waals surface area contributed by atoms with Gasteiger partial charge >= 0.3 is 12.6 Å². The van der Waals surface area contributed by atoms with E-state index in [1.807, 2.05) is 10.6 Å². The molecule has 4 rings (SSSR count). The molecule has 160 valence electrons. The number of hydrogen-bond donors (Lipinski definition) is 0. The third kappa shape index (κ3) is 4.43. The SMILES string of the molecule is COCc1nc2cnc(-c3cnc(OC)nc3)cc2n1Cc1ccccc1OC(F)F. The molecule has 0 radical (unpaired) electrons. The molecule has 0 aliphatic heterocycles. The molecule has 0 saturated heterocycles. The summed E-state index contributed by atoms with van der Waals surface area (Å²) in [6, 6.07) is 8.77. The Kier molecular flexibility index (Phi) is 5.99. The number of alkyl halides is 2. The van der Waals surface area contributed by atoms with Crippen LogP contribution in [0.15, 0.2) is 48.9 Å². The van der Waals surface area contributed by atoms with E-state index in [-0.39, 0.29) is 24.9 Å². The van der Waals surface area contributed by atoms with Crippen LogP contribution in [0.1, 0.15) is 11.4 Å². The molecular weight excluding hydrogens is 408 g/mol. The molecule has 10 heteroatoms. The molecule has 0 N–H and O–H groups in total. The van der Waals surface area contributed by atoms with Crippen molar-refractivity contribution < 1.29 is 23.0 Å². The van der Waals surface area contributed by atoms with Gasteiger partial charge in [0.1, 0.15) is 23.7 Å². The van der Waals surface area contributed by atoms with E-state index in [0.717, 1.165) is 5.52 Å². The number of benzene rings is 1. The number of imidazole rings is 1. The standard InChI is InChI=1S/C21H19F2N5O3/c1-29-12-19-27-16-10-24-15(14-8-25-21(30-2)26-9-14)7-17(16)28(19)11-13-5-3-4-6-18(13)31-20(22)23/h3-10,20H,11-12H2,1-2H3. The van der Waals surface area contributed by atoms with Gasteiger partial charge in [0.25, 0.3) is 0 Å². The van der Waals surface area contributed by atoms with Gasteiger partial charge < -0.3 is 18.8 Å². The van der Waals surface area contributed by atoms with Crippen LogP contribution >= 0.6 is 0 Å². The van der Waals surface area contributed by atoms with Crippen LogP contribution in [0.5, 0.6) is 11.8 Å². The van der Waals surface area contributed by atoms with Crippen LogP contribution in [0, 0.1) is 0 Å². The monoisotopic (exact) mass is 427 g/mol. The van der Waals surface area contributed by atoms with E-state index in [4.69, 9.17) is 9.47 Å². The molecule has 8 nitrogen and oxygen atoms in total. The Morgan fingerprint density at radius 2 is 1.81 bits per heavy atom. The van der Waals surface area contributed by atoms with Crippen LogP contribution in [-0.2, 0) is 17.9 Å². The van der Waals surface area contributed by atoms with E-state index in [1.165, 1.54) is 13.2 Å². The Labute approximate surface area is 176 Å². The van der Waals surface area contributed by atoms with Crippen molar-refractivity contribution in [1.29, 1.82) is 0 Å². The maximum Gasteiger partial charge on any atom is 0.387 e. The second-order valence-electron chi connectivity index (χ2n) is 6.55. The predicted octanol–water partition coefficient (Wildman–Crippen LogP) is 3.69. The van der Waals surface area contributed by atoms with Crippen LogP contribution < -0.4 is 9.47 Å². The second kappa shape index (κ2) is 9.00. The molecule has 3 aromatic heterocycles. The molecule has 0 spiro atoms. The van der Waals surface area contributed by atoms with Gasteiger partial charge in [-0.3, -0.25) is 4.98 Å². The first-order valence-corrected chi connectivity index (χ1v) is 9.32. The highest BCUT2D eigenvalue weighted by molar-refractivity contribution is 5.80. The van der Waals surface area contributed by atoms with Gasteiger partial charge in [0.2, 0.25) is 0 Å². The van der Waals surface area contributed by atoms with Crippen LogP contribution in [0.2, 0.25) is 0 Å². The molecule has 0 fully saturated rings. The summed E-state index contributed by atoms with van der Waals surface area (Å²) < 4.78 is 42.5. The Bertz CT molecular complexity index is 1180. The van der Waals surface area contributed by atoms with Gasteiger partial charge in [-0.25, -0.2) is 15.0 Å². The first-order valence-electron chi connectivity index (χ1n) is 9.32. The smallest absolute Gasteiger partial charge is 0.387 e. The maximum absolute atomic E-state index is 12.8. The molecule has 0 atom stereocenters. The van der Waals surface area contributed by atoms with Crippen molar-refractivity contribution in [3.63, 3.8) is 0 Å². The number of rotatable bonds is 8. The van der Waals surface area contributed by atoms with Crippen LogP contribution in [-0.4, -0.2) is 45.3 Å². The number of methoxy groups -OCH3 is 2. The molecule has 0 aliphatic rings. The zero-order valence-electron chi connectivity index (χ0n) is 16.8. The summed E-state index contributed by atoms with van der Waals surface area (Å²) in [6.45, 7) is -2.40. The van der Waals surface area contributed by atoms with Crippen molar-refractivity contribution in [3.8, 4) is 23.0 Å². The highest BCUT2D eigenvalue weighted by atomic mass is 19.3. The van der Waals surface area contributed by atoms with Gasteiger partial charge in [0.15, 0.2) is 0 Å². The van der Waals surface area contributed by atoms with E-state index in [1.54, 1.807) is 43.9 Å². The minimum absolute atomic E-state index is 0.112. The van der Waals surface area contributed by atoms with Gasteiger partial charge in [-0.15, -0.1) is 0 Å². The number of ether oxygens (including phenoxy) is 3. The molecule has 0 bridgehead atoms. The fraction of sp³-hybridized carbons (Fsp3) is 0.238. The molecule has 0 amide bonds. The number of nitrogens with zero attached hydrogens (tertiary/aromatic N) is 5. The van der Waals surface area contributed by atoms with E-state index >= 15 is 0 Å². The average Bonchev–Trinajstić information content (AvgIpc) is 3.11. The highest BCUT2D eigenvalue weighted by Crippen LogP contribution is 2.27. The topological polar surface area (TPSA) is 84.2 Å². The van der Waals surface area contributed by atoms with Gasteiger partial charge in [-0.05, 0) is 12.1 Å². The first-order chi connectivity index (χ1) is 15.1. The lowest BCUT2D eigenvalue weighted by molar-refractivity contribution is -0.0504. The molecule has 31 heavy (non-hydrogen) atoms. The van der Waals surface area contributed by atoms with Crippen molar-refractivity contribution in [3.05, 3.63) is 60.3 Å². The van der Waals surface area contributed by atoms with E-state index in [9.17, 15) is 8.78 Å². The normalized spacial score (nSPS) is 11.3. The molecule has 0 saturated carbocycles. The highest BCUT2D eigenvalue weighted by Gasteiger charge is 2.16. The van der Waals surface area contributed by atoms with Crippen LogP contribution in [0.25, 0.3) is 22.3 Å². The summed E-state index contributed by atoms with van der Waals surface area (Å²) in [7, 11) is 3.06. The quantitative estimate of drug-likeness (QED) is 0.424. The zero-order valence-corrected chi connectivity index (χ0v) is 16.8. The van der Waals surface area contributed by atoms with Crippen molar-refractivity contribution in [2.24, 2.45) is 0 Å². The lowest BCUT2D eigenvalue weighted by Crippen LogP contribution is -2.09. The Balaban J connectivity index is 1.78. The largest absolute Gasteiger partial charge is 0.467 e. The second-order valence-corrected chi connectivity index (χ2v) is 6.55. The van der Waals surface area contributed by atoms with Gasteiger partial charge in [-0.1, -0.05) is 18.2 Å². The molecular formula is C21H19F2N5O3. The summed E-state index contributed by atoms with van der Waals surface area (Å²) in [5.41, 5.74) is 3.34. The molecule has 3 heterocycles. The van der Waals surface area contributed by atoms with Gasteiger partial charge in [0.05, 0.1) is 31.1 Å². The Hall–Kier alpha value is -3.66. The van der Waals surface area contributed by atoms with E-state index in [2.05, 4.69) is 24.7 Å². The first kappa shape index (κ1) is 20.6. The summed E-state index contributed by atoms with van der Waals surface area (Å²) >= 11 is 0. The molecule has 1 aromatic carbocycles. The Morgan fingerprint density at radius 1 is 1.03 bits per heavy atom. The van der Waals surface area contributed by atoms with Crippen LogP contribution in [0.3, 0.4) is 0 Å². The average molecular weight is 427 g/mol.